The highest BCUT2D eigenvalue weighted by atomic mass is 35.5. The van der Waals surface area contributed by atoms with Crippen LogP contribution in [-0.2, 0) is 24.7 Å². The topological polar surface area (TPSA) is 76.1 Å². The highest BCUT2D eigenvalue weighted by molar-refractivity contribution is 6.31. The van der Waals surface area contributed by atoms with E-state index in [1.165, 1.54) is 4.90 Å². The van der Waals surface area contributed by atoms with Gasteiger partial charge in [0.05, 0.1) is 6.42 Å². The van der Waals surface area contributed by atoms with E-state index < -0.39 is 23.7 Å². The molecular weight excluding hydrogens is 696 g/mol. The zero-order chi connectivity index (χ0) is 37.7. The number of amides is 2. The van der Waals surface area contributed by atoms with Gasteiger partial charge in [-0.15, -0.1) is 0 Å². The largest absolute Gasteiger partial charge is 0.448 e. The molecule has 0 radical (unpaired) electrons. The molecule has 8 heteroatoms. The SMILES string of the molecule is CCN(C(=O)OCC1c2ccccc2-c2ccccc21)[C@@H](CC(=O)OC(c1ccccc1)(c1ccc(C)cc1)c1ccccc1Cl)C(=O)N1CCCCC1. The molecule has 0 aromatic heterocycles. The number of carbonyl (C=O) groups is 3. The summed E-state index contributed by atoms with van der Waals surface area (Å²) in [6.07, 6.45) is 1.71. The molecule has 1 fully saturated rings. The Morgan fingerprint density at radius 2 is 1.33 bits per heavy atom. The average molecular weight is 741 g/mol. The third-order valence-corrected chi connectivity index (χ3v) is 11.1. The number of benzene rings is 5. The predicted molar refractivity (Wildman–Crippen MR) is 211 cm³/mol. The molecule has 54 heavy (non-hydrogen) atoms. The van der Waals surface area contributed by atoms with E-state index >= 15 is 0 Å². The average Bonchev–Trinajstić information content (AvgIpc) is 3.53. The number of piperidine rings is 1. The Balaban J connectivity index is 1.22. The molecule has 1 aliphatic heterocycles. The molecule has 1 aliphatic carbocycles. The van der Waals surface area contributed by atoms with E-state index in [1.54, 1.807) is 17.9 Å². The number of fused-ring (bicyclic) bond motifs is 3. The van der Waals surface area contributed by atoms with E-state index in [4.69, 9.17) is 21.1 Å². The summed E-state index contributed by atoms with van der Waals surface area (Å²) in [5.74, 6) is -1.10. The molecule has 2 aliphatic rings. The molecule has 0 bridgehead atoms. The van der Waals surface area contributed by atoms with Crippen LogP contribution in [0.1, 0.15) is 71.9 Å². The Bertz CT molecular complexity index is 2070. The molecule has 1 heterocycles. The maximum atomic E-state index is 14.6. The van der Waals surface area contributed by atoms with Crippen molar-refractivity contribution in [1.29, 1.82) is 0 Å². The van der Waals surface area contributed by atoms with Crippen molar-refractivity contribution in [1.82, 2.24) is 9.80 Å². The summed E-state index contributed by atoms with van der Waals surface area (Å²) in [6, 6.07) is 39.8. The first kappa shape index (κ1) is 36.9. The summed E-state index contributed by atoms with van der Waals surface area (Å²) >= 11 is 6.93. The van der Waals surface area contributed by atoms with Gasteiger partial charge in [0.15, 0.2) is 5.60 Å². The fraction of sp³-hybridized carbons (Fsp3) is 0.283. The van der Waals surface area contributed by atoms with E-state index in [1.807, 2.05) is 104 Å². The second-order valence-corrected chi connectivity index (χ2v) is 14.5. The lowest BCUT2D eigenvalue weighted by Gasteiger charge is -2.38. The Hall–Kier alpha value is -5.40. The lowest BCUT2D eigenvalue weighted by atomic mass is 9.79. The van der Waals surface area contributed by atoms with Crippen molar-refractivity contribution in [2.24, 2.45) is 0 Å². The van der Waals surface area contributed by atoms with Gasteiger partial charge in [0.1, 0.15) is 12.6 Å². The number of likely N-dealkylation sites (N-methyl/N-ethyl adjacent to an activating group) is 1. The number of hydrogen-bond acceptors (Lipinski definition) is 5. The monoisotopic (exact) mass is 740 g/mol. The van der Waals surface area contributed by atoms with Crippen LogP contribution in [-0.4, -0.2) is 60.1 Å². The standard InChI is InChI=1S/C46H45ClN2O5/c1-3-49(45(52)53-31-39-37-20-10-8-18-35(37)36-19-9-11-21-38(36)39)42(44(51)48-28-14-5-15-29-48)30-43(50)54-46(33-16-6-4-7-17-33,34-26-24-32(2)25-27-34)40-22-12-13-23-41(40)47/h4,6-13,16-27,39,42H,3,5,14-15,28-31H2,1-2H3/t42-,46?/m0/s1. The third-order valence-electron chi connectivity index (χ3n) is 10.8. The first-order valence-corrected chi connectivity index (χ1v) is 19.2. The van der Waals surface area contributed by atoms with Crippen LogP contribution in [0, 0.1) is 6.92 Å². The van der Waals surface area contributed by atoms with Crippen LogP contribution in [0.15, 0.2) is 127 Å². The molecule has 2 atom stereocenters. The summed E-state index contributed by atoms with van der Waals surface area (Å²) in [6.45, 7) is 5.16. The van der Waals surface area contributed by atoms with E-state index in [-0.39, 0.29) is 31.4 Å². The number of rotatable bonds is 11. The van der Waals surface area contributed by atoms with Crippen molar-refractivity contribution in [2.75, 3.05) is 26.2 Å². The second kappa shape index (κ2) is 16.3. The Labute approximate surface area is 322 Å². The number of halogens is 1. The van der Waals surface area contributed by atoms with Crippen LogP contribution < -0.4 is 0 Å². The molecule has 0 spiro atoms. The summed E-state index contributed by atoms with van der Waals surface area (Å²) in [5, 5.41) is 0.421. The molecule has 5 aromatic rings. The minimum Gasteiger partial charge on any atom is -0.448 e. The number of likely N-dealkylation sites (tertiary alicyclic amines) is 1. The molecule has 0 saturated carbocycles. The number of hydrogen-bond donors (Lipinski definition) is 0. The zero-order valence-corrected chi connectivity index (χ0v) is 31.5. The van der Waals surface area contributed by atoms with Crippen LogP contribution in [0.2, 0.25) is 5.02 Å². The molecule has 5 aromatic carbocycles. The van der Waals surface area contributed by atoms with Crippen LogP contribution in [0.5, 0.6) is 0 Å². The van der Waals surface area contributed by atoms with Gasteiger partial charge >= 0.3 is 12.1 Å². The zero-order valence-electron chi connectivity index (χ0n) is 30.7. The van der Waals surface area contributed by atoms with Crippen LogP contribution in [0.3, 0.4) is 0 Å². The minimum atomic E-state index is -1.45. The lowest BCUT2D eigenvalue weighted by Crippen LogP contribution is -2.53. The predicted octanol–water partition coefficient (Wildman–Crippen LogP) is 9.53. The molecule has 0 N–H and O–H groups in total. The normalized spacial score (nSPS) is 15.4. The van der Waals surface area contributed by atoms with Crippen molar-refractivity contribution in [3.63, 3.8) is 0 Å². The van der Waals surface area contributed by atoms with Gasteiger partial charge in [-0.1, -0.05) is 138 Å². The number of esters is 1. The Kier molecular flexibility index (Phi) is 11.2. The summed E-state index contributed by atoms with van der Waals surface area (Å²) in [4.78, 5) is 46.4. The number of carbonyl (C=O) groups excluding carboxylic acids is 3. The number of aryl methyl sites for hydroxylation is 1. The van der Waals surface area contributed by atoms with Crippen LogP contribution in [0.4, 0.5) is 4.79 Å². The van der Waals surface area contributed by atoms with Gasteiger partial charge in [-0.05, 0) is 61.4 Å². The molecule has 7 rings (SSSR count). The van der Waals surface area contributed by atoms with Gasteiger partial charge in [0.2, 0.25) is 5.91 Å². The van der Waals surface area contributed by atoms with E-state index in [0.717, 1.165) is 47.1 Å². The van der Waals surface area contributed by atoms with Crippen LogP contribution >= 0.6 is 11.6 Å². The molecule has 1 saturated heterocycles. The smallest absolute Gasteiger partial charge is 0.410 e. The highest BCUT2D eigenvalue weighted by Gasteiger charge is 2.44. The van der Waals surface area contributed by atoms with Gasteiger partial charge in [0.25, 0.3) is 0 Å². The Morgan fingerprint density at radius 1 is 0.759 bits per heavy atom. The number of ether oxygens (including phenoxy) is 2. The molecular formula is C46H45ClN2O5. The summed E-state index contributed by atoms with van der Waals surface area (Å²) in [7, 11) is 0. The second-order valence-electron chi connectivity index (χ2n) is 14.1. The summed E-state index contributed by atoms with van der Waals surface area (Å²) < 4.78 is 12.8. The van der Waals surface area contributed by atoms with E-state index in [0.29, 0.717) is 34.8 Å². The van der Waals surface area contributed by atoms with Gasteiger partial charge < -0.3 is 14.4 Å². The maximum absolute atomic E-state index is 14.6. The molecule has 1 unspecified atom stereocenters. The van der Waals surface area contributed by atoms with Gasteiger partial charge in [-0.2, -0.15) is 0 Å². The fourth-order valence-electron chi connectivity index (χ4n) is 8.04. The van der Waals surface area contributed by atoms with Crippen molar-refractivity contribution in [3.8, 4) is 11.1 Å². The van der Waals surface area contributed by atoms with E-state index in [9.17, 15) is 14.4 Å². The van der Waals surface area contributed by atoms with Crippen molar-refractivity contribution < 1.29 is 23.9 Å². The van der Waals surface area contributed by atoms with E-state index in [2.05, 4.69) is 24.3 Å². The van der Waals surface area contributed by atoms with Gasteiger partial charge in [-0.3, -0.25) is 14.5 Å². The molecule has 2 amide bonds. The molecule has 7 nitrogen and oxygen atoms in total. The fourth-order valence-corrected chi connectivity index (χ4v) is 8.31. The molecule has 276 valence electrons. The van der Waals surface area contributed by atoms with Crippen LogP contribution in [0.25, 0.3) is 11.1 Å². The lowest BCUT2D eigenvalue weighted by molar-refractivity contribution is -0.157. The van der Waals surface area contributed by atoms with Crippen molar-refractivity contribution in [2.45, 2.75) is 57.1 Å². The first-order valence-electron chi connectivity index (χ1n) is 18.8. The highest BCUT2D eigenvalue weighted by Crippen LogP contribution is 2.46. The number of nitrogens with zero attached hydrogens (tertiary/aromatic N) is 2. The van der Waals surface area contributed by atoms with Crippen molar-refractivity contribution >= 4 is 29.6 Å². The maximum Gasteiger partial charge on any atom is 0.410 e. The van der Waals surface area contributed by atoms with Crippen molar-refractivity contribution in [3.05, 3.63) is 166 Å². The first-order chi connectivity index (χ1) is 26.3. The Morgan fingerprint density at radius 3 is 1.96 bits per heavy atom. The third kappa shape index (κ3) is 7.25. The quantitative estimate of drug-likeness (QED) is 0.0997. The summed E-state index contributed by atoms with van der Waals surface area (Å²) in [5.41, 5.74) is 5.98. The minimum absolute atomic E-state index is 0.0927. The van der Waals surface area contributed by atoms with Gasteiger partial charge in [-0.25, -0.2) is 4.79 Å². The van der Waals surface area contributed by atoms with Gasteiger partial charge in [0, 0.05) is 47.3 Å².